The molecule has 1 aromatic rings. The maximum atomic E-state index is 9.64. The largest absolute Gasteiger partial charge is 0.508 e. The molecule has 0 aliphatic rings. The zero-order valence-electron chi connectivity index (χ0n) is 9.72. The van der Waals surface area contributed by atoms with Gasteiger partial charge in [-0.3, -0.25) is 4.90 Å². The molecule has 0 aliphatic carbocycles. The van der Waals surface area contributed by atoms with Gasteiger partial charge in [-0.15, -0.1) is 0 Å². The fourth-order valence-corrected chi connectivity index (χ4v) is 1.55. The van der Waals surface area contributed by atoms with Gasteiger partial charge in [0.1, 0.15) is 11.5 Å². The molecule has 1 aromatic carbocycles. The normalized spacial score (nSPS) is 11.3. The lowest BCUT2D eigenvalue weighted by Crippen LogP contribution is -2.32. The van der Waals surface area contributed by atoms with Crippen LogP contribution in [0, 0.1) is 0 Å². The van der Waals surface area contributed by atoms with E-state index in [-0.39, 0.29) is 18.1 Å². The predicted molar refractivity (Wildman–Crippen MR) is 62.4 cm³/mol. The highest BCUT2D eigenvalue weighted by atomic mass is 16.3. The molecular formula is C12H19NO3. The molecule has 0 unspecified atom stereocenters. The third-order valence-electron chi connectivity index (χ3n) is 2.56. The first-order chi connectivity index (χ1) is 7.54. The number of aliphatic hydroxyl groups excluding tert-OH is 1. The second kappa shape index (κ2) is 5.72. The van der Waals surface area contributed by atoms with Crippen molar-refractivity contribution in [2.45, 2.75) is 26.4 Å². The van der Waals surface area contributed by atoms with Crippen LogP contribution in [0.25, 0.3) is 0 Å². The lowest BCUT2D eigenvalue weighted by atomic mass is 10.1. The van der Waals surface area contributed by atoms with Gasteiger partial charge in [0, 0.05) is 30.8 Å². The highest BCUT2D eigenvalue weighted by Crippen LogP contribution is 2.24. The zero-order valence-corrected chi connectivity index (χ0v) is 9.72. The van der Waals surface area contributed by atoms with Crippen molar-refractivity contribution >= 4 is 0 Å². The smallest absolute Gasteiger partial charge is 0.123 e. The second-order valence-electron chi connectivity index (χ2n) is 4.10. The molecule has 0 atom stereocenters. The van der Waals surface area contributed by atoms with Crippen LogP contribution in [0.2, 0.25) is 0 Å². The van der Waals surface area contributed by atoms with Crippen molar-refractivity contribution < 1.29 is 15.3 Å². The SMILES string of the molecule is CC(C)N(CCO)Cc1ccc(O)cc1O. The molecule has 16 heavy (non-hydrogen) atoms. The van der Waals surface area contributed by atoms with Gasteiger partial charge in [-0.1, -0.05) is 6.07 Å². The fraction of sp³-hybridized carbons (Fsp3) is 0.500. The first kappa shape index (κ1) is 12.8. The average Bonchev–Trinajstić information content (AvgIpc) is 2.20. The molecule has 90 valence electrons. The topological polar surface area (TPSA) is 63.9 Å². The third-order valence-corrected chi connectivity index (χ3v) is 2.56. The number of benzene rings is 1. The minimum Gasteiger partial charge on any atom is -0.508 e. The van der Waals surface area contributed by atoms with Crippen LogP contribution >= 0.6 is 0 Å². The minimum absolute atomic E-state index is 0.0551. The maximum Gasteiger partial charge on any atom is 0.123 e. The van der Waals surface area contributed by atoms with Crippen molar-refractivity contribution in [2.24, 2.45) is 0 Å². The Morgan fingerprint density at radius 3 is 2.44 bits per heavy atom. The molecule has 0 saturated carbocycles. The number of phenols is 2. The Morgan fingerprint density at radius 2 is 1.94 bits per heavy atom. The summed E-state index contributed by atoms with van der Waals surface area (Å²) in [7, 11) is 0. The van der Waals surface area contributed by atoms with Gasteiger partial charge in [-0.2, -0.15) is 0 Å². The second-order valence-corrected chi connectivity index (χ2v) is 4.10. The molecule has 0 aliphatic heterocycles. The van der Waals surface area contributed by atoms with E-state index in [0.717, 1.165) is 5.56 Å². The predicted octanol–water partition coefficient (Wildman–Crippen LogP) is 1.30. The summed E-state index contributed by atoms with van der Waals surface area (Å²) in [5.41, 5.74) is 0.750. The summed E-state index contributed by atoms with van der Waals surface area (Å²) < 4.78 is 0. The Hall–Kier alpha value is -1.26. The summed E-state index contributed by atoms with van der Waals surface area (Å²) in [5.74, 6) is 0.142. The number of hydrogen-bond donors (Lipinski definition) is 3. The van der Waals surface area contributed by atoms with E-state index < -0.39 is 0 Å². The molecule has 0 bridgehead atoms. The van der Waals surface area contributed by atoms with Crippen molar-refractivity contribution in [1.29, 1.82) is 0 Å². The standard InChI is InChI=1S/C12H19NO3/c1-9(2)13(5-6-14)8-10-3-4-11(15)7-12(10)16/h3-4,7,9,14-16H,5-6,8H2,1-2H3. The summed E-state index contributed by atoms with van der Waals surface area (Å²) in [6.45, 7) is 5.29. The van der Waals surface area contributed by atoms with E-state index in [1.165, 1.54) is 6.07 Å². The Bertz CT molecular complexity index is 339. The van der Waals surface area contributed by atoms with Crippen LogP contribution in [-0.4, -0.2) is 39.4 Å². The molecule has 0 heterocycles. The maximum absolute atomic E-state index is 9.64. The van der Waals surface area contributed by atoms with Crippen molar-refractivity contribution in [2.75, 3.05) is 13.2 Å². The Morgan fingerprint density at radius 1 is 1.25 bits per heavy atom. The van der Waals surface area contributed by atoms with Crippen LogP contribution in [0.4, 0.5) is 0 Å². The van der Waals surface area contributed by atoms with Gasteiger partial charge < -0.3 is 15.3 Å². The highest BCUT2D eigenvalue weighted by molar-refractivity contribution is 5.38. The van der Waals surface area contributed by atoms with E-state index in [9.17, 15) is 10.2 Å². The van der Waals surface area contributed by atoms with Gasteiger partial charge in [0.15, 0.2) is 0 Å². The lowest BCUT2D eigenvalue weighted by molar-refractivity contribution is 0.158. The lowest BCUT2D eigenvalue weighted by Gasteiger charge is -2.25. The van der Waals surface area contributed by atoms with E-state index in [1.54, 1.807) is 12.1 Å². The van der Waals surface area contributed by atoms with Crippen molar-refractivity contribution in [3.8, 4) is 11.5 Å². The van der Waals surface area contributed by atoms with Crippen molar-refractivity contribution in [3.63, 3.8) is 0 Å². The van der Waals surface area contributed by atoms with Gasteiger partial charge in [-0.25, -0.2) is 0 Å². The average molecular weight is 225 g/mol. The molecule has 0 aromatic heterocycles. The quantitative estimate of drug-likeness (QED) is 0.706. The van der Waals surface area contributed by atoms with Gasteiger partial charge >= 0.3 is 0 Å². The summed E-state index contributed by atoms with van der Waals surface area (Å²) in [6, 6.07) is 4.86. The minimum atomic E-state index is 0.0551. The van der Waals surface area contributed by atoms with Crippen LogP contribution in [0.15, 0.2) is 18.2 Å². The summed E-state index contributed by atoms with van der Waals surface area (Å²) in [5, 5.41) is 27.7. The number of aliphatic hydroxyl groups is 1. The number of phenolic OH excluding ortho intramolecular Hbond substituents is 2. The van der Waals surface area contributed by atoms with Gasteiger partial charge in [-0.05, 0) is 19.9 Å². The molecule has 3 N–H and O–H groups in total. The number of nitrogens with zero attached hydrogens (tertiary/aromatic N) is 1. The van der Waals surface area contributed by atoms with E-state index in [0.29, 0.717) is 19.1 Å². The molecule has 0 spiro atoms. The van der Waals surface area contributed by atoms with E-state index in [2.05, 4.69) is 0 Å². The molecule has 4 heteroatoms. The van der Waals surface area contributed by atoms with E-state index >= 15 is 0 Å². The summed E-state index contributed by atoms with van der Waals surface area (Å²) in [6.07, 6.45) is 0. The monoisotopic (exact) mass is 225 g/mol. The van der Waals surface area contributed by atoms with Crippen LogP contribution in [0.3, 0.4) is 0 Å². The molecule has 1 rings (SSSR count). The van der Waals surface area contributed by atoms with Crippen LogP contribution in [-0.2, 0) is 6.54 Å². The van der Waals surface area contributed by atoms with Gasteiger partial charge in [0.25, 0.3) is 0 Å². The van der Waals surface area contributed by atoms with Gasteiger partial charge in [0.05, 0.1) is 6.61 Å². The van der Waals surface area contributed by atoms with Crippen LogP contribution in [0.5, 0.6) is 11.5 Å². The Balaban J connectivity index is 2.77. The number of aromatic hydroxyl groups is 2. The molecule has 0 radical (unpaired) electrons. The van der Waals surface area contributed by atoms with Gasteiger partial charge in [0.2, 0.25) is 0 Å². The van der Waals surface area contributed by atoms with E-state index in [4.69, 9.17) is 5.11 Å². The molecule has 0 fully saturated rings. The van der Waals surface area contributed by atoms with Crippen LogP contribution in [0.1, 0.15) is 19.4 Å². The molecule has 4 nitrogen and oxygen atoms in total. The van der Waals surface area contributed by atoms with Crippen molar-refractivity contribution in [1.82, 2.24) is 4.90 Å². The molecule has 0 saturated heterocycles. The number of hydrogen-bond acceptors (Lipinski definition) is 4. The molecule has 0 amide bonds. The van der Waals surface area contributed by atoms with Crippen molar-refractivity contribution in [3.05, 3.63) is 23.8 Å². The summed E-state index contributed by atoms with van der Waals surface area (Å²) in [4.78, 5) is 2.05. The first-order valence-electron chi connectivity index (χ1n) is 5.40. The fourth-order valence-electron chi connectivity index (χ4n) is 1.55. The van der Waals surface area contributed by atoms with Crippen LogP contribution < -0.4 is 0 Å². The Labute approximate surface area is 95.8 Å². The highest BCUT2D eigenvalue weighted by Gasteiger charge is 2.12. The first-order valence-corrected chi connectivity index (χ1v) is 5.40. The zero-order chi connectivity index (χ0) is 12.1. The number of rotatable bonds is 5. The Kier molecular flexibility index (Phi) is 4.58. The molecular weight excluding hydrogens is 206 g/mol. The third kappa shape index (κ3) is 3.40. The van der Waals surface area contributed by atoms with E-state index in [1.807, 2.05) is 18.7 Å². The summed E-state index contributed by atoms with van der Waals surface area (Å²) >= 11 is 0.